The van der Waals surface area contributed by atoms with E-state index in [-0.39, 0.29) is 18.4 Å². The van der Waals surface area contributed by atoms with E-state index >= 15 is 0 Å². The molecule has 0 saturated carbocycles. The molecule has 0 aliphatic carbocycles. The van der Waals surface area contributed by atoms with E-state index in [1.807, 2.05) is 29.2 Å². The Morgan fingerprint density at radius 3 is 2.68 bits per heavy atom. The van der Waals surface area contributed by atoms with Crippen LogP contribution in [0.3, 0.4) is 0 Å². The monoisotopic (exact) mass is 399 g/mol. The van der Waals surface area contributed by atoms with Crippen molar-refractivity contribution in [3.05, 3.63) is 54.1 Å². The maximum Gasteiger partial charge on any atom is 0.262 e. The summed E-state index contributed by atoms with van der Waals surface area (Å²) in [5, 5.41) is 5.56. The van der Waals surface area contributed by atoms with Gasteiger partial charge in [-0.1, -0.05) is 29.8 Å². The lowest BCUT2D eigenvalue weighted by molar-refractivity contribution is -0.127. The number of hydrogen-bond donors (Lipinski definition) is 2. The Morgan fingerprint density at radius 2 is 1.93 bits per heavy atom. The van der Waals surface area contributed by atoms with Gasteiger partial charge in [0.2, 0.25) is 5.91 Å². The molecule has 0 unspecified atom stereocenters. The fourth-order valence-corrected chi connectivity index (χ4v) is 3.75. The maximum atomic E-state index is 12.4. The van der Waals surface area contributed by atoms with Crippen LogP contribution in [0, 0.1) is 6.92 Å². The van der Waals surface area contributed by atoms with Gasteiger partial charge in [0.05, 0.1) is 18.8 Å². The molecule has 3 rings (SSSR count). The van der Waals surface area contributed by atoms with Crippen LogP contribution in [0.1, 0.15) is 5.56 Å². The summed E-state index contributed by atoms with van der Waals surface area (Å²) in [6, 6.07) is 15.8. The highest BCUT2D eigenvalue weighted by atomic mass is 32.2. The number of likely N-dealkylation sites (N-methyl/N-ethyl adjacent to an activating group) is 1. The van der Waals surface area contributed by atoms with Crippen molar-refractivity contribution in [1.29, 1.82) is 0 Å². The molecule has 0 fully saturated rings. The molecule has 0 saturated heterocycles. The van der Waals surface area contributed by atoms with Gasteiger partial charge in [-0.2, -0.15) is 0 Å². The van der Waals surface area contributed by atoms with Crippen LogP contribution < -0.4 is 20.3 Å². The van der Waals surface area contributed by atoms with Gasteiger partial charge in [-0.25, -0.2) is 0 Å². The fraction of sp³-hybridized carbons (Fsp3) is 0.333. The number of carbonyl (C=O) groups is 2. The number of rotatable bonds is 7. The second-order valence-electron chi connectivity index (χ2n) is 6.58. The summed E-state index contributed by atoms with van der Waals surface area (Å²) in [6.07, 6.45) is -0.634. The number of carbonyl (C=O) groups excluding carboxylic acids is 2. The molecule has 6 nitrogen and oxygen atoms in total. The van der Waals surface area contributed by atoms with E-state index in [1.54, 1.807) is 18.8 Å². The van der Waals surface area contributed by atoms with Crippen LogP contribution in [0.2, 0.25) is 0 Å². The largest absolute Gasteiger partial charge is 0.477 e. The molecule has 1 aliphatic heterocycles. The number of fused-ring (bicyclic) bond motifs is 1. The Bertz CT molecular complexity index is 826. The lowest BCUT2D eigenvalue weighted by atomic mass is 10.1. The number of ether oxygens (including phenoxy) is 1. The van der Waals surface area contributed by atoms with Gasteiger partial charge in [-0.3, -0.25) is 9.59 Å². The SMILES string of the molecule is CNC(=O)[C@@H]1CN(CC(=O)NCCSc2ccc(C)cc2)c2ccccc2O1. The number of benzene rings is 2. The second-order valence-corrected chi connectivity index (χ2v) is 7.75. The van der Waals surface area contributed by atoms with Gasteiger partial charge in [-0.05, 0) is 31.2 Å². The summed E-state index contributed by atoms with van der Waals surface area (Å²) < 4.78 is 5.76. The van der Waals surface area contributed by atoms with Crippen molar-refractivity contribution in [3.63, 3.8) is 0 Å². The number of aryl methyl sites for hydroxylation is 1. The van der Waals surface area contributed by atoms with Crippen molar-refractivity contribution in [2.45, 2.75) is 17.9 Å². The van der Waals surface area contributed by atoms with Gasteiger partial charge in [0.25, 0.3) is 5.91 Å². The molecule has 7 heteroatoms. The van der Waals surface area contributed by atoms with Gasteiger partial charge >= 0.3 is 0 Å². The number of nitrogens with one attached hydrogen (secondary N) is 2. The molecule has 0 radical (unpaired) electrons. The smallest absolute Gasteiger partial charge is 0.262 e. The first-order valence-corrected chi connectivity index (χ1v) is 10.2. The zero-order valence-corrected chi connectivity index (χ0v) is 16.9. The molecule has 2 aromatic carbocycles. The summed E-state index contributed by atoms with van der Waals surface area (Å²) in [7, 11) is 1.58. The quantitative estimate of drug-likeness (QED) is 0.552. The third-order valence-electron chi connectivity index (χ3n) is 4.45. The Labute approximate surface area is 169 Å². The van der Waals surface area contributed by atoms with E-state index in [0.29, 0.717) is 18.8 Å². The predicted octanol–water partition coefficient (Wildman–Crippen LogP) is 2.22. The standard InChI is InChI=1S/C21H25N3O3S/c1-15-7-9-16(10-8-15)28-12-11-23-20(25)14-24-13-19(21(26)22-2)27-18-6-4-3-5-17(18)24/h3-10,19H,11-14H2,1-2H3,(H,22,26)(H,23,25)/t19-/m0/s1. The van der Waals surface area contributed by atoms with Crippen LogP contribution in [-0.2, 0) is 9.59 Å². The van der Waals surface area contributed by atoms with E-state index in [2.05, 4.69) is 41.8 Å². The summed E-state index contributed by atoms with van der Waals surface area (Å²) in [4.78, 5) is 27.5. The lowest BCUT2D eigenvalue weighted by Crippen LogP contribution is -2.50. The highest BCUT2D eigenvalue weighted by Gasteiger charge is 2.30. The normalized spacial score (nSPS) is 15.4. The molecule has 148 valence electrons. The van der Waals surface area contributed by atoms with E-state index in [0.717, 1.165) is 11.4 Å². The van der Waals surface area contributed by atoms with Crippen LogP contribution in [0.25, 0.3) is 0 Å². The van der Waals surface area contributed by atoms with Crippen molar-refractivity contribution < 1.29 is 14.3 Å². The van der Waals surface area contributed by atoms with Gasteiger partial charge in [0.15, 0.2) is 6.10 Å². The Morgan fingerprint density at radius 1 is 1.18 bits per heavy atom. The number of thioether (sulfide) groups is 1. The van der Waals surface area contributed by atoms with Crippen molar-refractivity contribution >= 4 is 29.3 Å². The van der Waals surface area contributed by atoms with Crippen molar-refractivity contribution in [2.75, 3.05) is 37.3 Å². The number of amides is 2. The first kappa shape index (κ1) is 20.1. The van der Waals surface area contributed by atoms with Crippen molar-refractivity contribution in [1.82, 2.24) is 10.6 Å². The molecule has 2 N–H and O–H groups in total. The number of para-hydroxylation sites is 2. The molecule has 1 heterocycles. The molecule has 0 aromatic heterocycles. The average molecular weight is 400 g/mol. The maximum absolute atomic E-state index is 12.4. The topological polar surface area (TPSA) is 70.7 Å². The van der Waals surface area contributed by atoms with E-state index in [1.165, 1.54) is 10.5 Å². The molecule has 28 heavy (non-hydrogen) atoms. The first-order chi connectivity index (χ1) is 13.6. The molecule has 2 amide bonds. The molecule has 1 atom stereocenters. The van der Waals surface area contributed by atoms with Crippen molar-refractivity contribution in [2.24, 2.45) is 0 Å². The average Bonchev–Trinajstić information content (AvgIpc) is 2.71. The van der Waals surface area contributed by atoms with Crippen LogP contribution in [0.15, 0.2) is 53.4 Å². The highest BCUT2D eigenvalue weighted by Crippen LogP contribution is 2.32. The molecule has 0 spiro atoms. The van der Waals surface area contributed by atoms with E-state index < -0.39 is 6.10 Å². The predicted molar refractivity (Wildman–Crippen MR) is 112 cm³/mol. The summed E-state index contributed by atoms with van der Waals surface area (Å²) >= 11 is 1.71. The van der Waals surface area contributed by atoms with Crippen molar-refractivity contribution in [3.8, 4) is 5.75 Å². The third kappa shape index (κ3) is 5.19. The van der Waals surface area contributed by atoms with E-state index in [9.17, 15) is 9.59 Å². The van der Waals surface area contributed by atoms with Gasteiger partial charge in [0, 0.05) is 24.2 Å². The van der Waals surface area contributed by atoms with Crippen LogP contribution in [0.4, 0.5) is 5.69 Å². The molecule has 2 aromatic rings. The molecular formula is C21H25N3O3S. The fourth-order valence-electron chi connectivity index (χ4n) is 2.98. The zero-order chi connectivity index (χ0) is 19.9. The zero-order valence-electron chi connectivity index (χ0n) is 16.1. The second kappa shape index (κ2) is 9.50. The number of hydrogen-bond acceptors (Lipinski definition) is 5. The van der Waals surface area contributed by atoms with Gasteiger partial charge in [-0.15, -0.1) is 11.8 Å². The molecular weight excluding hydrogens is 374 g/mol. The van der Waals surface area contributed by atoms with Crippen LogP contribution in [-0.4, -0.2) is 50.4 Å². The molecule has 1 aliphatic rings. The summed E-state index contributed by atoms with van der Waals surface area (Å²) in [5.41, 5.74) is 2.06. The minimum absolute atomic E-state index is 0.0723. The third-order valence-corrected chi connectivity index (χ3v) is 5.46. The summed E-state index contributed by atoms with van der Waals surface area (Å²) in [6.45, 7) is 3.17. The van der Waals surface area contributed by atoms with Gasteiger partial charge in [0.1, 0.15) is 5.75 Å². The van der Waals surface area contributed by atoms with Gasteiger partial charge < -0.3 is 20.3 Å². The summed E-state index contributed by atoms with van der Waals surface area (Å²) in [5.74, 6) is 1.14. The minimum Gasteiger partial charge on any atom is -0.477 e. The Kier molecular flexibility index (Phi) is 6.81. The highest BCUT2D eigenvalue weighted by molar-refractivity contribution is 7.99. The Balaban J connectivity index is 1.52. The molecule has 0 bridgehead atoms. The van der Waals surface area contributed by atoms with E-state index in [4.69, 9.17) is 4.74 Å². The van der Waals surface area contributed by atoms with Crippen LogP contribution in [0.5, 0.6) is 5.75 Å². The number of nitrogens with zero attached hydrogens (tertiary/aromatic N) is 1. The first-order valence-electron chi connectivity index (χ1n) is 9.25. The van der Waals surface area contributed by atoms with Crippen LogP contribution >= 0.6 is 11.8 Å². The lowest BCUT2D eigenvalue weighted by Gasteiger charge is -2.34. The number of anilines is 1. The minimum atomic E-state index is -0.634. The Hall–Kier alpha value is -2.67.